The van der Waals surface area contributed by atoms with E-state index in [0.717, 1.165) is 14.3 Å². The molecular formula is C30H28BrN3O5S. The zero-order chi connectivity index (χ0) is 28.4. The maximum absolute atomic E-state index is 13.4. The van der Waals surface area contributed by atoms with Crippen molar-refractivity contribution in [3.63, 3.8) is 0 Å². The number of anilines is 1. The van der Waals surface area contributed by atoms with Crippen molar-refractivity contribution in [3.8, 4) is 11.5 Å². The average molecular weight is 623 g/mol. The average Bonchev–Trinajstić information content (AvgIpc) is 2.97. The highest BCUT2D eigenvalue weighted by atomic mass is 79.9. The summed E-state index contributed by atoms with van der Waals surface area (Å²) in [5.74, 6) is 0.527. The fourth-order valence-corrected chi connectivity index (χ4v) is 5.42. The molecule has 0 saturated heterocycles. The molecule has 0 aromatic heterocycles. The number of ether oxygens (including phenoxy) is 2. The van der Waals surface area contributed by atoms with E-state index < -0.39 is 22.5 Å². The molecule has 0 aliphatic carbocycles. The first-order valence-electron chi connectivity index (χ1n) is 12.5. The summed E-state index contributed by atoms with van der Waals surface area (Å²) < 4.78 is 40.3. The number of halogens is 1. The third kappa shape index (κ3) is 7.71. The van der Waals surface area contributed by atoms with Crippen molar-refractivity contribution < 1.29 is 22.7 Å². The number of hydrogen-bond acceptors (Lipinski definition) is 6. The Morgan fingerprint density at radius 1 is 0.900 bits per heavy atom. The highest BCUT2D eigenvalue weighted by Crippen LogP contribution is 2.29. The van der Waals surface area contributed by atoms with Gasteiger partial charge in [0.1, 0.15) is 13.2 Å². The molecular weight excluding hydrogens is 594 g/mol. The number of amides is 1. The molecule has 4 rings (SSSR count). The molecule has 10 heteroatoms. The number of hydrazone groups is 1. The van der Waals surface area contributed by atoms with E-state index >= 15 is 0 Å². The van der Waals surface area contributed by atoms with Gasteiger partial charge in [0.05, 0.1) is 23.4 Å². The Hall–Kier alpha value is -4.15. The predicted octanol–water partition coefficient (Wildman–Crippen LogP) is 5.77. The number of nitrogens with zero attached hydrogens (tertiary/aromatic N) is 2. The van der Waals surface area contributed by atoms with Gasteiger partial charge >= 0.3 is 0 Å². The number of hydrogen-bond donors (Lipinski definition) is 1. The molecule has 0 aliphatic rings. The summed E-state index contributed by atoms with van der Waals surface area (Å²) in [5.41, 5.74) is 4.46. The minimum atomic E-state index is -4.01. The quantitative estimate of drug-likeness (QED) is 0.160. The van der Waals surface area contributed by atoms with Gasteiger partial charge in [-0.25, -0.2) is 13.8 Å². The van der Waals surface area contributed by atoms with Crippen LogP contribution in [0.4, 0.5) is 5.69 Å². The van der Waals surface area contributed by atoms with Crippen molar-refractivity contribution in [3.05, 3.63) is 119 Å². The summed E-state index contributed by atoms with van der Waals surface area (Å²) in [4.78, 5) is 12.9. The highest BCUT2D eigenvalue weighted by Gasteiger charge is 2.27. The van der Waals surface area contributed by atoms with E-state index in [1.807, 2.05) is 37.3 Å². The highest BCUT2D eigenvalue weighted by molar-refractivity contribution is 9.10. The molecule has 0 fully saturated rings. The molecule has 0 saturated carbocycles. The molecule has 40 heavy (non-hydrogen) atoms. The van der Waals surface area contributed by atoms with Gasteiger partial charge in [0, 0.05) is 4.47 Å². The van der Waals surface area contributed by atoms with Crippen LogP contribution in [0.2, 0.25) is 0 Å². The summed E-state index contributed by atoms with van der Waals surface area (Å²) in [5, 5.41) is 4.03. The van der Waals surface area contributed by atoms with Gasteiger partial charge in [-0.15, -0.1) is 0 Å². The lowest BCUT2D eigenvalue weighted by atomic mass is 10.2. The largest absolute Gasteiger partial charge is 0.490 e. The molecule has 0 radical (unpaired) electrons. The fraction of sp³-hybridized carbons (Fsp3) is 0.133. The number of benzene rings is 4. The zero-order valence-electron chi connectivity index (χ0n) is 21.7. The van der Waals surface area contributed by atoms with Crippen molar-refractivity contribution in [1.82, 2.24) is 5.43 Å². The molecule has 0 aliphatic heterocycles. The smallest absolute Gasteiger partial charge is 0.264 e. The number of nitrogens with one attached hydrogen (secondary N) is 1. The summed E-state index contributed by atoms with van der Waals surface area (Å²) in [6.07, 6.45) is 1.46. The van der Waals surface area contributed by atoms with Crippen LogP contribution in [0.5, 0.6) is 11.5 Å². The molecule has 8 nitrogen and oxygen atoms in total. The molecule has 4 aromatic rings. The molecule has 0 unspecified atom stereocenters. The Morgan fingerprint density at radius 2 is 1.57 bits per heavy atom. The zero-order valence-corrected chi connectivity index (χ0v) is 24.1. The monoisotopic (exact) mass is 621 g/mol. The maximum Gasteiger partial charge on any atom is 0.264 e. The Balaban J connectivity index is 1.46. The van der Waals surface area contributed by atoms with Crippen LogP contribution in [0.25, 0.3) is 0 Å². The van der Waals surface area contributed by atoms with E-state index in [2.05, 4.69) is 26.5 Å². The number of carbonyl (C=O) groups excluding carboxylic acids is 1. The summed E-state index contributed by atoms with van der Waals surface area (Å²) >= 11 is 3.35. The van der Waals surface area contributed by atoms with Crippen molar-refractivity contribution >= 4 is 43.8 Å². The third-order valence-electron chi connectivity index (χ3n) is 5.64. The van der Waals surface area contributed by atoms with Crippen LogP contribution in [0.3, 0.4) is 0 Å². The number of carbonyl (C=O) groups is 1. The molecule has 0 heterocycles. The van der Waals surface area contributed by atoms with Crippen LogP contribution < -0.4 is 19.2 Å². The second kappa shape index (κ2) is 13.8. The summed E-state index contributed by atoms with van der Waals surface area (Å²) in [6.45, 7) is 2.25. The topological polar surface area (TPSA) is 97.3 Å². The van der Waals surface area contributed by atoms with Crippen molar-refractivity contribution in [2.45, 2.75) is 18.4 Å². The first-order valence-corrected chi connectivity index (χ1v) is 14.7. The predicted molar refractivity (Wildman–Crippen MR) is 159 cm³/mol. The van der Waals surface area contributed by atoms with Gasteiger partial charge in [-0.2, -0.15) is 5.10 Å². The van der Waals surface area contributed by atoms with Crippen LogP contribution in [0.15, 0.2) is 118 Å². The van der Waals surface area contributed by atoms with E-state index in [0.29, 0.717) is 36.0 Å². The summed E-state index contributed by atoms with van der Waals surface area (Å²) in [6, 6.07) is 29.7. The van der Waals surface area contributed by atoms with Crippen LogP contribution in [0, 0.1) is 0 Å². The van der Waals surface area contributed by atoms with E-state index in [-0.39, 0.29) is 4.90 Å². The fourth-order valence-electron chi connectivity index (χ4n) is 3.71. The lowest BCUT2D eigenvalue weighted by Crippen LogP contribution is -2.39. The molecule has 0 spiro atoms. The molecule has 1 amide bonds. The normalized spacial score (nSPS) is 11.2. The molecule has 1 N–H and O–H groups in total. The van der Waals surface area contributed by atoms with Gasteiger partial charge in [0.2, 0.25) is 0 Å². The minimum Gasteiger partial charge on any atom is -0.490 e. The van der Waals surface area contributed by atoms with Crippen LogP contribution in [-0.2, 0) is 21.4 Å². The van der Waals surface area contributed by atoms with Crippen molar-refractivity contribution in [2.24, 2.45) is 5.10 Å². The maximum atomic E-state index is 13.4. The van der Waals surface area contributed by atoms with Gasteiger partial charge in [-0.3, -0.25) is 9.10 Å². The van der Waals surface area contributed by atoms with Gasteiger partial charge in [-0.1, -0.05) is 64.5 Å². The van der Waals surface area contributed by atoms with Crippen LogP contribution >= 0.6 is 15.9 Å². The van der Waals surface area contributed by atoms with E-state index in [1.54, 1.807) is 60.7 Å². The first kappa shape index (κ1) is 28.8. The number of sulfonamides is 1. The second-order valence-corrected chi connectivity index (χ2v) is 11.3. The standard InChI is InChI=1S/C30H28BrN3O5S/c1-2-38-29-19-24(13-18-28(29)39-22-23-9-5-3-6-10-23)20-32-33-30(35)21-34(26-16-14-25(31)15-17-26)40(36,37)27-11-7-4-8-12-27/h3-20H,2,21-22H2,1H3,(H,33,35)/b32-20-. The van der Waals surface area contributed by atoms with Crippen LogP contribution in [-0.4, -0.2) is 33.7 Å². The van der Waals surface area contributed by atoms with Crippen molar-refractivity contribution in [1.29, 1.82) is 0 Å². The van der Waals surface area contributed by atoms with Gasteiger partial charge in [0.25, 0.3) is 15.9 Å². The third-order valence-corrected chi connectivity index (χ3v) is 7.96. The SMILES string of the molecule is CCOc1cc(/C=N\NC(=O)CN(c2ccc(Br)cc2)S(=O)(=O)c2ccccc2)ccc1OCc1ccccc1. The van der Waals surface area contributed by atoms with Gasteiger partial charge in [0.15, 0.2) is 11.5 Å². The van der Waals surface area contributed by atoms with Gasteiger partial charge < -0.3 is 9.47 Å². The molecule has 206 valence electrons. The Kier molecular flexibility index (Phi) is 9.93. The minimum absolute atomic E-state index is 0.0762. The number of rotatable bonds is 12. The van der Waals surface area contributed by atoms with Gasteiger partial charge in [-0.05, 0) is 72.6 Å². The molecule has 0 bridgehead atoms. The Bertz CT molecular complexity index is 1550. The van der Waals surface area contributed by atoms with E-state index in [4.69, 9.17) is 9.47 Å². The Morgan fingerprint density at radius 3 is 2.25 bits per heavy atom. The second-order valence-electron chi connectivity index (χ2n) is 8.51. The molecule has 0 atom stereocenters. The summed E-state index contributed by atoms with van der Waals surface area (Å²) in [7, 11) is -4.01. The lowest BCUT2D eigenvalue weighted by Gasteiger charge is -2.23. The molecule has 4 aromatic carbocycles. The van der Waals surface area contributed by atoms with Crippen molar-refractivity contribution in [2.75, 3.05) is 17.5 Å². The van der Waals surface area contributed by atoms with Crippen LogP contribution in [0.1, 0.15) is 18.1 Å². The van der Waals surface area contributed by atoms with E-state index in [9.17, 15) is 13.2 Å². The van der Waals surface area contributed by atoms with E-state index in [1.165, 1.54) is 18.3 Å². The first-order chi connectivity index (χ1) is 19.4. The Labute approximate surface area is 242 Å². The lowest BCUT2D eigenvalue weighted by molar-refractivity contribution is -0.119.